The zero-order valence-electron chi connectivity index (χ0n) is 9.14. The Hall–Kier alpha value is -1.75. The minimum atomic E-state index is -0.859. The molecule has 0 saturated carbocycles. The third-order valence-corrected chi connectivity index (χ3v) is 3.22. The van der Waals surface area contributed by atoms with Crippen molar-refractivity contribution in [2.45, 2.75) is 18.4 Å². The lowest BCUT2D eigenvalue weighted by Crippen LogP contribution is -2.42. The molecule has 5 heteroatoms. The first-order valence-electron chi connectivity index (χ1n) is 5.45. The minimum Gasteiger partial charge on any atom is -0.481 e. The average Bonchev–Trinajstić information content (AvgIpc) is 2.69. The molecular formula is C12H12O5. The molecule has 17 heavy (non-hydrogen) atoms. The van der Waals surface area contributed by atoms with Gasteiger partial charge < -0.3 is 19.3 Å². The molecule has 1 saturated heterocycles. The van der Waals surface area contributed by atoms with Crippen molar-refractivity contribution in [3.05, 3.63) is 23.8 Å². The maximum Gasteiger partial charge on any atom is 0.306 e. The molecule has 1 N–H and O–H groups in total. The molecule has 0 bridgehead atoms. The molecule has 1 unspecified atom stereocenters. The molecule has 1 aromatic rings. The summed E-state index contributed by atoms with van der Waals surface area (Å²) in [5, 5.41) is 8.93. The van der Waals surface area contributed by atoms with E-state index in [1.165, 1.54) is 0 Å². The van der Waals surface area contributed by atoms with Crippen molar-refractivity contribution in [2.75, 3.05) is 13.4 Å². The summed E-state index contributed by atoms with van der Waals surface area (Å²) in [6, 6.07) is 5.45. The highest BCUT2D eigenvalue weighted by molar-refractivity contribution is 5.69. The molecule has 0 aromatic heterocycles. The van der Waals surface area contributed by atoms with Crippen LogP contribution in [0.4, 0.5) is 0 Å². The van der Waals surface area contributed by atoms with E-state index in [9.17, 15) is 4.79 Å². The summed E-state index contributed by atoms with van der Waals surface area (Å²) in [4.78, 5) is 10.9. The molecular weight excluding hydrogens is 224 g/mol. The zero-order chi connectivity index (χ0) is 11.9. The Morgan fingerprint density at radius 3 is 2.76 bits per heavy atom. The lowest BCUT2D eigenvalue weighted by molar-refractivity contribution is -0.176. The van der Waals surface area contributed by atoms with Gasteiger partial charge in [0.15, 0.2) is 11.5 Å². The van der Waals surface area contributed by atoms with Crippen LogP contribution in [0.25, 0.3) is 0 Å². The molecule has 90 valence electrons. The summed E-state index contributed by atoms with van der Waals surface area (Å²) < 4.78 is 16.0. The molecule has 3 rings (SSSR count). The first-order valence-corrected chi connectivity index (χ1v) is 5.45. The molecule has 2 aliphatic heterocycles. The van der Waals surface area contributed by atoms with Gasteiger partial charge in [0.2, 0.25) is 6.79 Å². The normalized spacial score (nSPS) is 25.4. The number of carbonyl (C=O) groups is 1. The summed E-state index contributed by atoms with van der Waals surface area (Å²) in [6.07, 6.45) is 0.700. The second-order valence-electron chi connectivity index (χ2n) is 4.23. The van der Waals surface area contributed by atoms with Crippen LogP contribution in [0, 0.1) is 0 Å². The van der Waals surface area contributed by atoms with E-state index in [1.807, 2.05) is 12.1 Å². The van der Waals surface area contributed by atoms with Crippen LogP contribution in [-0.2, 0) is 15.1 Å². The number of hydrogen-bond acceptors (Lipinski definition) is 4. The summed E-state index contributed by atoms with van der Waals surface area (Å²) in [5.74, 6) is 0.490. The first kappa shape index (κ1) is 10.4. The van der Waals surface area contributed by atoms with Crippen molar-refractivity contribution in [2.24, 2.45) is 0 Å². The zero-order valence-corrected chi connectivity index (χ0v) is 9.14. The summed E-state index contributed by atoms with van der Waals surface area (Å²) >= 11 is 0. The van der Waals surface area contributed by atoms with Gasteiger partial charge in [-0.05, 0) is 17.7 Å². The van der Waals surface area contributed by atoms with E-state index in [-0.39, 0.29) is 13.2 Å². The van der Waals surface area contributed by atoms with Crippen molar-refractivity contribution >= 4 is 5.97 Å². The van der Waals surface area contributed by atoms with Gasteiger partial charge in [-0.2, -0.15) is 0 Å². The fraction of sp³-hybridized carbons (Fsp3) is 0.417. The number of rotatable bonds is 3. The van der Waals surface area contributed by atoms with E-state index in [4.69, 9.17) is 19.3 Å². The number of carboxylic acids is 1. The van der Waals surface area contributed by atoms with Crippen LogP contribution >= 0.6 is 0 Å². The number of aliphatic carboxylic acids is 1. The Bertz CT molecular complexity index is 464. The van der Waals surface area contributed by atoms with Crippen LogP contribution in [0.2, 0.25) is 0 Å². The van der Waals surface area contributed by atoms with Gasteiger partial charge in [0.05, 0.1) is 13.0 Å². The minimum absolute atomic E-state index is 0.0212. The Morgan fingerprint density at radius 1 is 1.35 bits per heavy atom. The topological polar surface area (TPSA) is 65.0 Å². The monoisotopic (exact) mass is 236 g/mol. The maximum absolute atomic E-state index is 10.9. The Morgan fingerprint density at radius 2 is 2.12 bits per heavy atom. The summed E-state index contributed by atoms with van der Waals surface area (Å²) in [7, 11) is 0. The van der Waals surface area contributed by atoms with Crippen LogP contribution in [0.3, 0.4) is 0 Å². The number of carboxylic acid groups (broad SMARTS) is 1. The Balaban J connectivity index is 1.94. The Labute approximate surface area is 97.9 Å². The van der Waals surface area contributed by atoms with E-state index in [2.05, 4.69) is 0 Å². The van der Waals surface area contributed by atoms with Gasteiger partial charge in [-0.15, -0.1) is 0 Å². The standard InChI is InChI=1S/C12H12O5/c13-11(14)6-12(3-4-17-12)8-1-2-9-10(5-8)16-7-15-9/h1-2,5H,3-4,6-7H2,(H,13,14). The van der Waals surface area contributed by atoms with Crippen molar-refractivity contribution in [3.63, 3.8) is 0 Å². The lowest BCUT2D eigenvalue weighted by Gasteiger charge is -2.41. The van der Waals surface area contributed by atoms with Gasteiger partial charge in [-0.25, -0.2) is 0 Å². The quantitative estimate of drug-likeness (QED) is 0.861. The molecule has 5 nitrogen and oxygen atoms in total. The Kier molecular flexibility index (Phi) is 2.22. The lowest BCUT2D eigenvalue weighted by atomic mass is 9.83. The van der Waals surface area contributed by atoms with Gasteiger partial charge >= 0.3 is 5.97 Å². The van der Waals surface area contributed by atoms with E-state index in [1.54, 1.807) is 6.07 Å². The van der Waals surface area contributed by atoms with Crippen LogP contribution in [0.15, 0.2) is 18.2 Å². The van der Waals surface area contributed by atoms with E-state index in [0.717, 1.165) is 12.0 Å². The molecule has 0 amide bonds. The molecule has 2 heterocycles. The van der Waals surface area contributed by atoms with Crippen LogP contribution in [0.1, 0.15) is 18.4 Å². The predicted octanol–water partition coefficient (Wildman–Crippen LogP) is 1.51. The molecule has 1 fully saturated rings. The van der Waals surface area contributed by atoms with E-state index >= 15 is 0 Å². The largest absolute Gasteiger partial charge is 0.481 e. The highest BCUT2D eigenvalue weighted by Gasteiger charge is 2.42. The maximum atomic E-state index is 10.9. The summed E-state index contributed by atoms with van der Waals surface area (Å²) in [6.45, 7) is 0.813. The van der Waals surface area contributed by atoms with Gasteiger partial charge in [0.25, 0.3) is 0 Å². The second-order valence-corrected chi connectivity index (χ2v) is 4.23. The van der Waals surface area contributed by atoms with Crippen LogP contribution < -0.4 is 9.47 Å². The van der Waals surface area contributed by atoms with E-state index < -0.39 is 11.6 Å². The van der Waals surface area contributed by atoms with Crippen molar-refractivity contribution in [1.29, 1.82) is 0 Å². The van der Waals surface area contributed by atoms with Crippen molar-refractivity contribution in [1.82, 2.24) is 0 Å². The molecule has 2 aliphatic rings. The fourth-order valence-corrected chi connectivity index (χ4v) is 2.24. The molecule has 0 aliphatic carbocycles. The number of benzene rings is 1. The van der Waals surface area contributed by atoms with Gasteiger partial charge in [0, 0.05) is 6.42 Å². The number of ether oxygens (including phenoxy) is 3. The number of hydrogen-bond donors (Lipinski definition) is 1. The van der Waals surface area contributed by atoms with Crippen LogP contribution in [0.5, 0.6) is 11.5 Å². The number of fused-ring (bicyclic) bond motifs is 1. The predicted molar refractivity (Wildman–Crippen MR) is 57.1 cm³/mol. The molecule has 1 aromatic carbocycles. The average molecular weight is 236 g/mol. The molecule has 0 radical (unpaired) electrons. The fourth-order valence-electron chi connectivity index (χ4n) is 2.24. The summed E-state index contributed by atoms with van der Waals surface area (Å²) in [5.41, 5.74) is 0.155. The molecule has 0 spiro atoms. The smallest absolute Gasteiger partial charge is 0.306 e. The van der Waals surface area contributed by atoms with Crippen LogP contribution in [-0.4, -0.2) is 24.5 Å². The SMILES string of the molecule is O=C(O)CC1(c2ccc3c(c2)OCO3)CCO1. The first-order chi connectivity index (χ1) is 8.20. The van der Waals surface area contributed by atoms with Crippen molar-refractivity contribution in [3.8, 4) is 11.5 Å². The van der Waals surface area contributed by atoms with Gasteiger partial charge in [-0.3, -0.25) is 4.79 Å². The second kappa shape index (κ2) is 3.63. The molecule has 1 atom stereocenters. The third kappa shape index (κ3) is 1.63. The van der Waals surface area contributed by atoms with Crippen molar-refractivity contribution < 1.29 is 24.1 Å². The third-order valence-electron chi connectivity index (χ3n) is 3.22. The van der Waals surface area contributed by atoms with Gasteiger partial charge in [0.1, 0.15) is 5.60 Å². The van der Waals surface area contributed by atoms with Gasteiger partial charge in [-0.1, -0.05) is 6.07 Å². The highest BCUT2D eigenvalue weighted by Crippen LogP contribution is 2.44. The highest BCUT2D eigenvalue weighted by atomic mass is 16.7. The van der Waals surface area contributed by atoms with E-state index in [0.29, 0.717) is 18.1 Å².